The summed E-state index contributed by atoms with van der Waals surface area (Å²) in [6, 6.07) is 8.39. The first-order chi connectivity index (χ1) is 10.3. The van der Waals surface area contributed by atoms with Crippen LogP contribution in [0.2, 0.25) is 0 Å². The fourth-order valence-electron chi connectivity index (χ4n) is 2.70. The Bertz CT molecular complexity index is 503. The first-order valence-corrected chi connectivity index (χ1v) is 7.42. The molecule has 23 heavy (non-hydrogen) atoms. The largest absolute Gasteiger partial charge is 0.493 e. The zero-order valence-corrected chi connectivity index (χ0v) is 15.2. The molecule has 0 bridgehead atoms. The predicted molar refractivity (Wildman–Crippen MR) is 96.1 cm³/mol. The van der Waals surface area contributed by atoms with E-state index in [-0.39, 0.29) is 30.9 Å². The summed E-state index contributed by atoms with van der Waals surface area (Å²) in [5.41, 5.74) is 1.11. The normalized spacial score (nSPS) is 15.5. The van der Waals surface area contributed by atoms with Gasteiger partial charge in [0, 0.05) is 32.2 Å². The number of nitrogens with one attached hydrogen (secondary N) is 1. The Labute approximate surface area is 150 Å². The first kappa shape index (κ1) is 21.8. The third kappa shape index (κ3) is 5.74. The summed E-state index contributed by atoms with van der Waals surface area (Å²) in [7, 11) is 1.64. The van der Waals surface area contributed by atoms with Gasteiger partial charge in [0.05, 0.1) is 26.2 Å². The second-order valence-corrected chi connectivity index (χ2v) is 5.01. The van der Waals surface area contributed by atoms with Gasteiger partial charge in [-0.15, -0.1) is 24.8 Å². The molecule has 1 aliphatic rings. The van der Waals surface area contributed by atoms with Crippen LogP contribution in [0.1, 0.15) is 24.9 Å². The summed E-state index contributed by atoms with van der Waals surface area (Å²) in [4.78, 5) is 2.36. The Morgan fingerprint density at radius 3 is 2.52 bits per heavy atom. The predicted octanol–water partition coefficient (Wildman–Crippen LogP) is 2.80. The molecule has 1 fully saturated rings. The van der Waals surface area contributed by atoms with E-state index in [9.17, 15) is 0 Å². The molecule has 1 N–H and O–H groups in total. The van der Waals surface area contributed by atoms with Crippen LogP contribution in [0.4, 0.5) is 0 Å². The van der Waals surface area contributed by atoms with Gasteiger partial charge in [-0.3, -0.25) is 4.90 Å². The van der Waals surface area contributed by atoms with Gasteiger partial charge in [0.2, 0.25) is 0 Å². The standard InChI is InChI=1S/C16H23N3O2.2ClH/c1-3-21-15-5-4-13(12-16(15)20-2)14(6-7-17)19-10-8-18-9-11-19;;/h4-5,12,14,18H,3,6,8-11H2,1-2H3;2*1H/t14-;;/m0../s1. The van der Waals surface area contributed by atoms with Gasteiger partial charge in [0.1, 0.15) is 0 Å². The van der Waals surface area contributed by atoms with Crippen molar-refractivity contribution in [3.05, 3.63) is 23.8 Å². The number of methoxy groups -OCH3 is 1. The maximum atomic E-state index is 9.15. The van der Waals surface area contributed by atoms with Crippen LogP contribution < -0.4 is 14.8 Å². The van der Waals surface area contributed by atoms with Gasteiger partial charge in [0.25, 0.3) is 0 Å². The lowest BCUT2D eigenvalue weighted by Crippen LogP contribution is -2.45. The summed E-state index contributed by atoms with van der Waals surface area (Å²) in [5, 5.41) is 12.5. The Morgan fingerprint density at radius 1 is 1.26 bits per heavy atom. The first-order valence-electron chi connectivity index (χ1n) is 7.42. The molecule has 0 aromatic heterocycles. The van der Waals surface area contributed by atoms with Gasteiger partial charge in [-0.25, -0.2) is 0 Å². The number of hydrogen-bond acceptors (Lipinski definition) is 5. The number of benzene rings is 1. The van der Waals surface area contributed by atoms with E-state index < -0.39 is 0 Å². The molecule has 0 radical (unpaired) electrons. The van der Waals surface area contributed by atoms with Crippen molar-refractivity contribution in [3.63, 3.8) is 0 Å². The molecule has 2 rings (SSSR count). The van der Waals surface area contributed by atoms with Crippen molar-refractivity contribution in [2.45, 2.75) is 19.4 Å². The molecule has 0 spiro atoms. The smallest absolute Gasteiger partial charge is 0.161 e. The highest BCUT2D eigenvalue weighted by Crippen LogP contribution is 2.33. The highest BCUT2D eigenvalue weighted by Gasteiger charge is 2.23. The average molecular weight is 362 g/mol. The molecule has 130 valence electrons. The second-order valence-electron chi connectivity index (χ2n) is 5.01. The second kappa shape index (κ2) is 11.4. The topological polar surface area (TPSA) is 57.5 Å². The Hall–Kier alpha value is -1.19. The highest BCUT2D eigenvalue weighted by atomic mass is 35.5. The van der Waals surface area contributed by atoms with Gasteiger partial charge in [-0.2, -0.15) is 5.26 Å². The molecular formula is C16H25Cl2N3O2. The molecular weight excluding hydrogens is 337 g/mol. The minimum atomic E-state index is 0. The van der Waals surface area contributed by atoms with E-state index in [2.05, 4.69) is 16.3 Å². The van der Waals surface area contributed by atoms with Crippen molar-refractivity contribution in [1.82, 2.24) is 10.2 Å². The van der Waals surface area contributed by atoms with Crippen LogP contribution in [0.25, 0.3) is 0 Å². The Balaban J connectivity index is 0.00000242. The maximum absolute atomic E-state index is 9.15. The molecule has 7 heteroatoms. The van der Waals surface area contributed by atoms with E-state index in [4.69, 9.17) is 14.7 Å². The van der Waals surface area contributed by atoms with Crippen LogP contribution >= 0.6 is 24.8 Å². The molecule has 0 aliphatic carbocycles. The monoisotopic (exact) mass is 361 g/mol. The van der Waals surface area contributed by atoms with E-state index in [0.717, 1.165) is 43.2 Å². The van der Waals surface area contributed by atoms with Crippen LogP contribution in [-0.4, -0.2) is 44.8 Å². The van der Waals surface area contributed by atoms with Crippen LogP contribution in [-0.2, 0) is 0 Å². The van der Waals surface area contributed by atoms with Crippen molar-refractivity contribution in [2.75, 3.05) is 39.9 Å². The third-order valence-electron chi connectivity index (χ3n) is 3.75. The molecule has 1 heterocycles. The SMILES string of the molecule is CCOc1ccc([C@H](CC#N)N2CCNCC2)cc1OC.Cl.Cl. The minimum Gasteiger partial charge on any atom is -0.493 e. The van der Waals surface area contributed by atoms with Crippen LogP contribution in [0.3, 0.4) is 0 Å². The zero-order chi connectivity index (χ0) is 15.1. The molecule has 5 nitrogen and oxygen atoms in total. The number of rotatable bonds is 6. The van der Waals surface area contributed by atoms with Gasteiger partial charge in [0.15, 0.2) is 11.5 Å². The molecule has 1 aromatic rings. The lowest BCUT2D eigenvalue weighted by Gasteiger charge is -2.34. The van der Waals surface area contributed by atoms with Gasteiger partial charge < -0.3 is 14.8 Å². The van der Waals surface area contributed by atoms with Crippen molar-refractivity contribution in [1.29, 1.82) is 5.26 Å². The lowest BCUT2D eigenvalue weighted by atomic mass is 10.0. The molecule has 0 unspecified atom stereocenters. The van der Waals surface area contributed by atoms with Crippen molar-refractivity contribution in [3.8, 4) is 17.6 Å². The quantitative estimate of drug-likeness (QED) is 0.843. The van der Waals surface area contributed by atoms with E-state index in [1.54, 1.807) is 7.11 Å². The van der Waals surface area contributed by atoms with Gasteiger partial charge in [-0.05, 0) is 24.6 Å². The lowest BCUT2D eigenvalue weighted by molar-refractivity contribution is 0.175. The summed E-state index contributed by atoms with van der Waals surface area (Å²) in [6.07, 6.45) is 0.483. The molecule has 0 amide bonds. The van der Waals surface area contributed by atoms with Gasteiger partial charge in [-0.1, -0.05) is 6.07 Å². The minimum absolute atomic E-state index is 0. The van der Waals surface area contributed by atoms with Crippen LogP contribution in [0.5, 0.6) is 11.5 Å². The summed E-state index contributed by atoms with van der Waals surface area (Å²) in [5.74, 6) is 1.48. The third-order valence-corrected chi connectivity index (χ3v) is 3.75. The van der Waals surface area contributed by atoms with Crippen LogP contribution in [0, 0.1) is 11.3 Å². The number of halogens is 2. The van der Waals surface area contributed by atoms with E-state index in [0.29, 0.717) is 13.0 Å². The Morgan fingerprint density at radius 2 is 1.96 bits per heavy atom. The molecule has 1 atom stereocenters. The number of ether oxygens (including phenoxy) is 2. The summed E-state index contributed by atoms with van der Waals surface area (Å²) in [6.45, 7) is 6.41. The fourth-order valence-corrected chi connectivity index (χ4v) is 2.70. The number of nitrogens with zero attached hydrogens (tertiary/aromatic N) is 2. The molecule has 1 saturated heterocycles. The molecule has 0 saturated carbocycles. The maximum Gasteiger partial charge on any atom is 0.161 e. The van der Waals surface area contributed by atoms with Gasteiger partial charge >= 0.3 is 0 Å². The Kier molecular flexibility index (Phi) is 10.8. The summed E-state index contributed by atoms with van der Waals surface area (Å²) < 4.78 is 11.0. The number of piperazine rings is 1. The summed E-state index contributed by atoms with van der Waals surface area (Å²) >= 11 is 0. The molecule has 1 aliphatic heterocycles. The van der Waals surface area contributed by atoms with Crippen LogP contribution in [0.15, 0.2) is 18.2 Å². The van der Waals surface area contributed by atoms with Crippen molar-refractivity contribution in [2.24, 2.45) is 0 Å². The van der Waals surface area contributed by atoms with E-state index in [1.165, 1.54) is 0 Å². The number of nitriles is 1. The van der Waals surface area contributed by atoms with Crippen molar-refractivity contribution >= 4 is 24.8 Å². The zero-order valence-electron chi connectivity index (χ0n) is 13.6. The fraction of sp³-hybridized carbons (Fsp3) is 0.562. The van der Waals surface area contributed by atoms with E-state index >= 15 is 0 Å². The molecule has 1 aromatic carbocycles. The van der Waals surface area contributed by atoms with E-state index in [1.807, 2.05) is 25.1 Å². The number of hydrogen-bond donors (Lipinski definition) is 1. The highest BCUT2D eigenvalue weighted by molar-refractivity contribution is 5.85. The van der Waals surface area contributed by atoms with Crippen molar-refractivity contribution < 1.29 is 9.47 Å². The average Bonchev–Trinajstić information content (AvgIpc) is 2.54.